The summed E-state index contributed by atoms with van der Waals surface area (Å²) in [5.74, 6) is 1.28. The van der Waals surface area contributed by atoms with Crippen LogP contribution in [0.25, 0.3) is 11.5 Å². The predicted molar refractivity (Wildman–Crippen MR) is 123 cm³/mol. The van der Waals surface area contributed by atoms with Gasteiger partial charge < -0.3 is 15.1 Å². The molecule has 0 aliphatic rings. The van der Waals surface area contributed by atoms with Crippen LogP contribution in [-0.2, 0) is 22.8 Å². The van der Waals surface area contributed by atoms with Gasteiger partial charge in [0.15, 0.2) is 15.8 Å². The van der Waals surface area contributed by atoms with Crippen molar-refractivity contribution >= 4 is 15.8 Å². The summed E-state index contributed by atoms with van der Waals surface area (Å²) in [6, 6.07) is 13.4. The summed E-state index contributed by atoms with van der Waals surface area (Å²) >= 11 is 0. The molecular weight excluding hydrogens is 412 g/mol. The van der Waals surface area contributed by atoms with Gasteiger partial charge in [-0.1, -0.05) is 29.8 Å². The maximum absolute atomic E-state index is 11.8. The number of nitrogens with one attached hydrogen (secondary N) is 2. The summed E-state index contributed by atoms with van der Waals surface area (Å²) in [6.07, 6.45) is 3.59. The Kier molecular flexibility index (Phi) is 7.12. The first kappa shape index (κ1) is 22.6. The third kappa shape index (κ3) is 6.18. The largest absolute Gasteiger partial charge is 0.444 e. The lowest BCUT2D eigenvalue weighted by Crippen LogP contribution is -2.37. The van der Waals surface area contributed by atoms with E-state index in [0.29, 0.717) is 36.3 Å². The molecule has 0 amide bonds. The molecule has 0 fully saturated rings. The number of oxazole rings is 1. The first-order valence-corrected chi connectivity index (χ1v) is 11.9. The number of hydrogen-bond acceptors (Lipinski definition) is 5. The van der Waals surface area contributed by atoms with Crippen LogP contribution in [-0.4, -0.2) is 39.2 Å². The minimum absolute atomic E-state index is 0.358. The van der Waals surface area contributed by atoms with Crippen molar-refractivity contribution in [3.05, 3.63) is 71.1 Å². The molecule has 164 valence electrons. The molecule has 0 aliphatic carbocycles. The van der Waals surface area contributed by atoms with Crippen molar-refractivity contribution in [1.82, 2.24) is 15.6 Å². The van der Waals surface area contributed by atoms with Gasteiger partial charge in [-0.15, -0.1) is 0 Å². The number of aryl methyl sites for hydroxylation is 2. The SMILES string of the molecule is CN=C(NCCc1coc(-c2ccc(C)cc2)n1)NCc1ccc(S(C)(=O)=O)c(C)c1. The third-order valence-electron chi connectivity index (χ3n) is 4.85. The van der Waals surface area contributed by atoms with Gasteiger partial charge in [0.05, 0.1) is 10.6 Å². The Morgan fingerprint density at radius 2 is 1.84 bits per heavy atom. The molecular formula is C23H28N4O3S. The van der Waals surface area contributed by atoms with Crippen LogP contribution in [0.15, 0.2) is 63.0 Å². The molecule has 31 heavy (non-hydrogen) atoms. The van der Waals surface area contributed by atoms with Crippen LogP contribution in [0.1, 0.15) is 22.4 Å². The number of nitrogens with zero attached hydrogens (tertiary/aromatic N) is 2. The molecule has 0 saturated carbocycles. The van der Waals surface area contributed by atoms with Crippen LogP contribution in [0.5, 0.6) is 0 Å². The average molecular weight is 441 g/mol. The highest BCUT2D eigenvalue weighted by Gasteiger charge is 2.11. The predicted octanol–water partition coefficient (Wildman–Crippen LogP) is 3.27. The topological polar surface area (TPSA) is 96.6 Å². The van der Waals surface area contributed by atoms with E-state index in [-0.39, 0.29) is 0 Å². The molecule has 0 radical (unpaired) electrons. The van der Waals surface area contributed by atoms with Gasteiger partial charge in [0.2, 0.25) is 5.89 Å². The molecule has 0 spiro atoms. The van der Waals surface area contributed by atoms with Crippen molar-refractivity contribution in [3.63, 3.8) is 0 Å². The summed E-state index contributed by atoms with van der Waals surface area (Å²) in [4.78, 5) is 9.14. The maximum atomic E-state index is 11.8. The standard InChI is InChI=1S/C23H28N4O3S/c1-16-5-8-19(9-6-16)22-27-20(15-30-22)11-12-25-23(24-3)26-14-18-7-10-21(17(2)13-18)31(4,28)29/h5-10,13,15H,11-12,14H2,1-4H3,(H2,24,25,26). The molecule has 0 aliphatic heterocycles. The molecule has 3 aromatic rings. The highest BCUT2D eigenvalue weighted by molar-refractivity contribution is 7.90. The van der Waals surface area contributed by atoms with Crippen molar-refractivity contribution in [2.75, 3.05) is 19.8 Å². The number of sulfone groups is 1. The van der Waals surface area contributed by atoms with Gasteiger partial charge in [-0.2, -0.15) is 0 Å². The lowest BCUT2D eigenvalue weighted by molar-refractivity contribution is 0.572. The van der Waals surface area contributed by atoms with Crippen molar-refractivity contribution in [2.24, 2.45) is 4.99 Å². The first-order valence-electron chi connectivity index (χ1n) is 10.0. The zero-order chi connectivity index (χ0) is 22.4. The fraction of sp³-hybridized carbons (Fsp3) is 0.304. The smallest absolute Gasteiger partial charge is 0.226 e. The fourth-order valence-corrected chi connectivity index (χ4v) is 4.16. The van der Waals surface area contributed by atoms with Gasteiger partial charge in [0.1, 0.15) is 6.26 Å². The molecule has 1 heterocycles. The summed E-state index contributed by atoms with van der Waals surface area (Å²) in [6.45, 7) is 5.02. The zero-order valence-corrected chi connectivity index (χ0v) is 19.1. The summed E-state index contributed by atoms with van der Waals surface area (Å²) < 4.78 is 29.1. The van der Waals surface area contributed by atoms with Crippen LogP contribution in [0.4, 0.5) is 0 Å². The van der Waals surface area contributed by atoms with Gasteiger partial charge in [0, 0.05) is 38.4 Å². The van der Waals surface area contributed by atoms with Gasteiger partial charge in [-0.05, 0) is 43.2 Å². The van der Waals surface area contributed by atoms with E-state index in [2.05, 4.69) is 20.6 Å². The van der Waals surface area contributed by atoms with E-state index in [9.17, 15) is 8.42 Å². The van der Waals surface area contributed by atoms with Crippen LogP contribution in [0.2, 0.25) is 0 Å². The number of guanidine groups is 1. The molecule has 8 heteroatoms. The Balaban J connectivity index is 1.50. The minimum Gasteiger partial charge on any atom is -0.444 e. The van der Waals surface area contributed by atoms with Crippen molar-refractivity contribution in [3.8, 4) is 11.5 Å². The second kappa shape index (κ2) is 9.78. The van der Waals surface area contributed by atoms with Crippen LogP contribution < -0.4 is 10.6 Å². The molecule has 0 unspecified atom stereocenters. The number of hydrogen-bond donors (Lipinski definition) is 2. The summed E-state index contributed by atoms with van der Waals surface area (Å²) in [5, 5.41) is 6.50. The fourth-order valence-electron chi connectivity index (χ4n) is 3.20. The molecule has 2 N–H and O–H groups in total. The second-order valence-electron chi connectivity index (χ2n) is 7.48. The Hall–Kier alpha value is -3.13. The Bertz CT molecular complexity index is 1170. The lowest BCUT2D eigenvalue weighted by Gasteiger charge is -2.12. The van der Waals surface area contributed by atoms with Gasteiger partial charge >= 0.3 is 0 Å². The van der Waals surface area contributed by atoms with Crippen LogP contribution >= 0.6 is 0 Å². The van der Waals surface area contributed by atoms with E-state index in [1.54, 1.807) is 26.3 Å². The number of rotatable bonds is 7. The Morgan fingerprint density at radius 1 is 1.10 bits per heavy atom. The highest BCUT2D eigenvalue weighted by Crippen LogP contribution is 2.19. The zero-order valence-electron chi connectivity index (χ0n) is 18.3. The van der Waals surface area contributed by atoms with Crippen LogP contribution in [0, 0.1) is 13.8 Å². The Labute approximate surface area is 183 Å². The molecule has 1 aromatic heterocycles. The van der Waals surface area contributed by atoms with Crippen molar-refractivity contribution < 1.29 is 12.8 Å². The first-order chi connectivity index (χ1) is 14.8. The quantitative estimate of drug-likeness (QED) is 0.432. The van der Waals surface area contributed by atoms with E-state index in [1.165, 1.54) is 11.8 Å². The number of aromatic nitrogens is 1. The van der Waals surface area contributed by atoms with E-state index in [1.807, 2.05) is 43.3 Å². The van der Waals surface area contributed by atoms with E-state index < -0.39 is 9.84 Å². The van der Waals surface area contributed by atoms with E-state index >= 15 is 0 Å². The molecule has 0 bridgehead atoms. The van der Waals surface area contributed by atoms with Gasteiger partial charge in [-0.25, -0.2) is 13.4 Å². The van der Waals surface area contributed by atoms with E-state index in [4.69, 9.17) is 4.42 Å². The number of benzene rings is 2. The summed E-state index contributed by atoms with van der Waals surface area (Å²) in [5.41, 5.74) is 4.73. The molecule has 0 saturated heterocycles. The van der Waals surface area contributed by atoms with Crippen molar-refractivity contribution in [2.45, 2.75) is 31.7 Å². The monoisotopic (exact) mass is 440 g/mol. The van der Waals surface area contributed by atoms with E-state index in [0.717, 1.165) is 22.4 Å². The number of aliphatic imine (C=N–C) groups is 1. The highest BCUT2D eigenvalue weighted by atomic mass is 32.2. The van der Waals surface area contributed by atoms with Gasteiger partial charge in [-0.3, -0.25) is 4.99 Å². The maximum Gasteiger partial charge on any atom is 0.226 e. The van der Waals surface area contributed by atoms with Crippen molar-refractivity contribution in [1.29, 1.82) is 0 Å². The normalized spacial score (nSPS) is 12.1. The third-order valence-corrected chi connectivity index (χ3v) is 6.10. The van der Waals surface area contributed by atoms with Crippen LogP contribution in [0.3, 0.4) is 0 Å². The van der Waals surface area contributed by atoms with Gasteiger partial charge in [0.25, 0.3) is 0 Å². The minimum atomic E-state index is -3.21. The summed E-state index contributed by atoms with van der Waals surface area (Å²) in [7, 11) is -1.51. The average Bonchev–Trinajstić information content (AvgIpc) is 3.19. The lowest BCUT2D eigenvalue weighted by atomic mass is 10.1. The molecule has 3 rings (SSSR count). The molecule has 0 atom stereocenters. The molecule has 7 nitrogen and oxygen atoms in total. The molecule has 2 aromatic carbocycles. The second-order valence-corrected chi connectivity index (χ2v) is 9.47. The Morgan fingerprint density at radius 3 is 2.48 bits per heavy atom.